The summed E-state index contributed by atoms with van der Waals surface area (Å²) >= 11 is 5.59. The number of nitrogens with one attached hydrogen (secondary N) is 1. The number of hydrogen-bond acceptors (Lipinski definition) is 15. The van der Waals surface area contributed by atoms with E-state index in [4.69, 9.17) is 45.4 Å². The molecule has 0 radical (unpaired) electrons. The molecule has 1 saturated heterocycles. The van der Waals surface area contributed by atoms with Crippen molar-refractivity contribution < 1.29 is 66.7 Å². The molecule has 5 atom stereocenters. The Morgan fingerprint density at radius 1 is 0.739 bits per heavy atom. The normalized spacial score (nSPS) is 20.7. The number of benzene rings is 1. The van der Waals surface area contributed by atoms with Crippen molar-refractivity contribution in [1.29, 1.82) is 0 Å². The summed E-state index contributed by atoms with van der Waals surface area (Å²) in [6.07, 6.45) is -8.55. The molecule has 1 aromatic rings. The third-order valence-corrected chi connectivity index (χ3v) is 6.89. The van der Waals surface area contributed by atoms with Gasteiger partial charge in [-0.1, -0.05) is 42.5 Å². The molecule has 0 saturated carbocycles. The third-order valence-electron chi connectivity index (χ3n) is 6.42. The highest BCUT2D eigenvalue weighted by Gasteiger charge is 2.58. The van der Waals surface area contributed by atoms with E-state index in [-0.39, 0.29) is 18.8 Å². The number of carbonyl (C=O) groups excluding carboxylic acids is 7. The SMILES string of the molecule is CCOC(=O)C(CC(=O)c1ccccc1)(C(=O)OCC)C(=S)N[C@@H]1O[C@H](COC(C)=O)[C@@H](OC(C)=O)[C@H](OC(C)=O)[C@H]1OC(C)=O. The van der Waals surface area contributed by atoms with E-state index in [1.807, 2.05) is 0 Å². The van der Waals surface area contributed by atoms with Crippen molar-refractivity contribution in [3.05, 3.63) is 35.9 Å². The second-order valence-corrected chi connectivity index (χ2v) is 10.3. The Labute approximate surface area is 270 Å². The summed E-state index contributed by atoms with van der Waals surface area (Å²) in [4.78, 5) is 88.1. The minimum absolute atomic E-state index is 0.149. The van der Waals surface area contributed by atoms with Crippen LogP contribution < -0.4 is 5.32 Å². The van der Waals surface area contributed by atoms with Gasteiger partial charge in [0.25, 0.3) is 0 Å². The van der Waals surface area contributed by atoms with Crippen LogP contribution in [0.15, 0.2) is 30.3 Å². The van der Waals surface area contributed by atoms with E-state index in [9.17, 15) is 33.6 Å². The van der Waals surface area contributed by atoms with Gasteiger partial charge in [0.05, 0.1) is 13.2 Å². The highest BCUT2D eigenvalue weighted by atomic mass is 32.1. The minimum Gasteiger partial charge on any atom is -0.465 e. The topological polar surface area (TPSA) is 196 Å². The van der Waals surface area contributed by atoms with Crippen LogP contribution in [0.3, 0.4) is 0 Å². The number of hydrogen-bond donors (Lipinski definition) is 1. The van der Waals surface area contributed by atoms with Gasteiger partial charge in [0, 0.05) is 39.7 Å². The lowest BCUT2D eigenvalue weighted by atomic mass is 9.80. The molecule has 252 valence electrons. The molecule has 0 aromatic heterocycles. The molecule has 15 nitrogen and oxygen atoms in total. The molecule has 1 aliphatic rings. The zero-order valence-corrected chi connectivity index (χ0v) is 27.0. The maximum atomic E-state index is 13.6. The maximum Gasteiger partial charge on any atom is 0.331 e. The fourth-order valence-electron chi connectivity index (χ4n) is 4.57. The number of ketones is 1. The number of ether oxygens (including phenoxy) is 7. The molecule has 1 aromatic carbocycles. The van der Waals surface area contributed by atoms with Crippen LogP contribution in [0.2, 0.25) is 0 Å². The summed E-state index contributed by atoms with van der Waals surface area (Å²) in [6.45, 7) is 6.23. The predicted octanol–water partition coefficient (Wildman–Crippen LogP) is 1.37. The van der Waals surface area contributed by atoms with Gasteiger partial charge in [-0.25, -0.2) is 0 Å². The highest BCUT2D eigenvalue weighted by molar-refractivity contribution is 7.80. The van der Waals surface area contributed by atoms with E-state index in [2.05, 4.69) is 5.32 Å². The monoisotopic (exact) mass is 667 g/mol. The summed E-state index contributed by atoms with van der Waals surface area (Å²) in [5, 5.41) is 2.65. The van der Waals surface area contributed by atoms with Crippen LogP contribution >= 0.6 is 12.2 Å². The molecule has 1 heterocycles. The summed E-state index contributed by atoms with van der Waals surface area (Å²) in [6, 6.07) is 7.77. The molecule has 1 aliphatic heterocycles. The van der Waals surface area contributed by atoms with Crippen molar-refractivity contribution in [3.8, 4) is 0 Å². The fraction of sp³-hybridized carbons (Fsp3) is 0.533. The van der Waals surface area contributed by atoms with Crippen LogP contribution in [-0.4, -0.2) is 97.1 Å². The zero-order chi connectivity index (χ0) is 34.6. The van der Waals surface area contributed by atoms with Crippen molar-refractivity contribution in [1.82, 2.24) is 5.32 Å². The van der Waals surface area contributed by atoms with Crippen LogP contribution in [-0.2, 0) is 61.9 Å². The molecule has 1 N–H and O–H groups in total. The van der Waals surface area contributed by atoms with E-state index in [1.165, 1.54) is 26.0 Å². The second kappa shape index (κ2) is 17.3. The molecule has 0 unspecified atom stereocenters. The maximum absolute atomic E-state index is 13.6. The van der Waals surface area contributed by atoms with Gasteiger partial charge in [0.15, 0.2) is 30.3 Å². The van der Waals surface area contributed by atoms with Gasteiger partial charge < -0.3 is 38.5 Å². The second-order valence-electron chi connectivity index (χ2n) is 9.91. The van der Waals surface area contributed by atoms with E-state index in [0.717, 1.165) is 27.7 Å². The molecule has 16 heteroatoms. The highest BCUT2D eigenvalue weighted by Crippen LogP contribution is 2.33. The lowest BCUT2D eigenvalue weighted by molar-refractivity contribution is -0.255. The fourth-order valence-corrected chi connectivity index (χ4v) is 4.92. The predicted molar refractivity (Wildman–Crippen MR) is 159 cm³/mol. The Hall–Kier alpha value is -4.44. The number of carbonyl (C=O) groups is 7. The van der Waals surface area contributed by atoms with Gasteiger partial charge >= 0.3 is 35.8 Å². The Morgan fingerprint density at radius 3 is 1.72 bits per heavy atom. The molecule has 0 bridgehead atoms. The number of esters is 6. The zero-order valence-electron chi connectivity index (χ0n) is 26.2. The Morgan fingerprint density at radius 2 is 1.24 bits per heavy atom. The van der Waals surface area contributed by atoms with Gasteiger partial charge in [-0.2, -0.15) is 0 Å². The molecule has 2 rings (SSSR count). The average Bonchev–Trinajstić information content (AvgIpc) is 2.97. The van der Waals surface area contributed by atoms with Crippen molar-refractivity contribution in [2.45, 2.75) is 78.6 Å². The Balaban J connectivity index is 2.71. The first-order valence-electron chi connectivity index (χ1n) is 14.2. The van der Waals surface area contributed by atoms with Crippen molar-refractivity contribution >= 4 is 58.8 Å². The van der Waals surface area contributed by atoms with Crippen LogP contribution in [0.25, 0.3) is 0 Å². The summed E-state index contributed by atoms with van der Waals surface area (Å²) < 4.78 is 37.7. The molecule has 0 aliphatic carbocycles. The number of Topliss-reactive ketones (excluding diaryl/α,β-unsaturated/α-hetero) is 1. The first kappa shape index (κ1) is 37.7. The molecular formula is C30H37NO14S. The van der Waals surface area contributed by atoms with Crippen LogP contribution in [0.1, 0.15) is 58.3 Å². The average molecular weight is 668 g/mol. The molecular weight excluding hydrogens is 630 g/mol. The van der Waals surface area contributed by atoms with Crippen LogP contribution in [0.5, 0.6) is 0 Å². The van der Waals surface area contributed by atoms with Crippen LogP contribution in [0.4, 0.5) is 0 Å². The van der Waals surface area contributed by atoms with E-state index in [0.29, 0.717) is 0 Å². The molecule has 46 heavy (non-hydrogen) atoms. The van der Waals surface area contributed by atoms with Crippen molar-refractivity contribution in [2.75, 3.05) is 19.8 Å². The Kier molecular flexibility index (Phi) is 14.2. The van der Waals surface area contributed by atoms with Gasteiger partial charge in [0.1, 0.15) is 17.7 Å². The number of thiocarbonyl (C=S) groups is 1. The van der Waals surface area contributed by atoms with Gasteiger partial charge in [-0.05, 0) is 13.8 Å². The molecule has 1 fully saturated rings. The molecule has 0 amide bonds. The van der Waals surface area contributed by atoms with Gasteiger partial charge in [-0.3, -0.25) is 33.6 Å². The molecule has 0 spiro atoms. The van der Waals surface area contributed by atoms with Crippen molar-refractivity contribution in [3.63, 3.8) is 0 Å². The van der Waals surface area contributed by atoms with E-state index >= 15 is 0 Å². The number of rotatable bonds is 14. The first-order valence-corrected chi connectivity index (χ1v) is 14.6. The lowest BCUT2D eigenvalue weighted by Gasteiger charge is -2.45. The van der Waals surface area contributed by atoms with E-state index < -0.39 is 95.7 Å². The third kappa shape index (κ3) is 9.78. The largest absolute Gasteiger partial charge is 0.465 e. The Bertz CT molecular complexity index is 1300. The lowest BCUT2D eigenvalue weighted by Crippen LogP contribution is -2.67. The standard InChI is InChI=1S/C30H37NO14S/c1-7-39-28(37)30(29(38)40-8-2,14-21(36)20-12-10-9-11-13-20)27(46)31-26-25(44-19(6)35)24(43-18(5)34)23(42-17(4)33)22(45-26)15-41-16(3)32/h9-13,22-26H,7-8,14-15H2,1-6H3,(H,31,46)/t22-,23-,24+,25-,26-/m1/s1. The van der Waals surface area contributed by atoms with E-state index in [1.54, 1.807) is 18.2 Å². The summed E-state index contributed by atoms with van der Waals surface area (Å²) in [5.74, 6) is -6.47. The van der Waals surface area contributed by atoms with Crippen LogP contribution in [0, 0.1) is 5.41 Å². The first-order chi connectivity index (χ1) is 21.7. The quantitative estimate of drug-likeness (QED) is 0.0981. The van der Waals surface area contributed by atoms with Crippen molar-refractivity contribution in [2.24, 2.45) is 5.41 Å². The smallest absolute Gasteiger partial charge is 0.331 e. The van der Waals surface area contributed by atoms with Gasteiger partial charge in [0.2, 0.25) is 5.41 Å². The summed E-state index contributed by atoms with van der Waals surface area (Å²) in [5.41, 5.74) is -2.43. The summed E-state index contributed by atoms with van der Waals surface area (Å²) in [7, 11) is 0. The van der Waals surface area contributed by atoms with Gasteiger partial charge in [-0.15, -0.1) is 0 Å². The minimum atomic E-state index is -2.58.